The van der Waals surface area contributed by atoms with Crippen molar-refractivity contribution in [3.05, 3.63) is 28.0 Å². The van der Waals surface area contributed by atoms with Crippen LogP contribution in [-0.4, -0.2) is 23.6 Å². The first-order chi connectivity index (χ1) is 7.13. The molecule has 9 heteroatoms. The molecule has 0 unspecified atom stereocenters. The van der Waals surface area contributed by atoms with Gasteiger partial charge in [0, 0.05) is 0 Å². The Morgan fingerprint density at radius 2 is 2.38 bits per heavy atom. The molecule has 16 heavy (non-hydrogen) atoms. The van der Waals surface area contributed by atoms with Crippen LogP contribution >= 0.6 is 12.4 Å². The number of carbonyl (C=O) groups excluding carboxylic acids is 1. The predicted octanol–water partition coefficient (Wildman–Crippen LogP) is 0.0184. The number of furan rings is 1. The Morgan fingerprint density at radius 1 is 1.69 bits per heavy atom. The molecule has 0 aromatic carbocycles. The summed E-state index contributed by atoms with van der Waals surface area (Å²) in [5.74, 6) is -0.687. The van der Waals surface area contributed by atoms with Crippen LogP contribution in [0.2, 0.25) is 0 Å². The molecule has 1 amide bonds. The molecule has 0 radical (unpaired) electrons. The summed E-state index contributed by atoms with van der Waals surface area (Å²) < 4.78 is 4.73. The lowest BCUT2D eigenvalue weighted by Crippen LogP contribution is -2.26. The molecule has 88 valence electrons. The van der Waals surface area contributed by atoms with Crippen molar-refractivity contribution in [2.24, 2.45) is 10.8 Å². The lowest BCUT2D eigenvalue weighted by atomic mass is 10.5. The molecule has 3 N–H and O–H groups in total. The van der Waals surface area contributed by atoms with E-state index in [1.54, 1.807) is 0 Å². The van der Waals surface area contributed by atoms with Gasteiger partial charge in [-0.2, -0.15) is 5.10 Å². The zero-order valence-electron chi connectivity index (χ0n) is 7.95. The van der Waals surface area contributed by atoms with E-state index < -0.39 is 10.8 Å². The van der Waals surface area contributed by atoms with Gasteiger partial charge >= 0.3 is 5.88 Å². The molecule has 1 heterocycles. The standard InChI is InChI=1S/C7H8N4O4.ClH/c8-3-6(12)10-9-4-5-1-2-7(15-5)11(13)14;/h1-2,4H,3,8H2,(H,10,12);1H. The third-order valence-corrected chi connectivity index (χ3v) is 1.36. The van der Waals surface area contributed by atoms with Gasteiger partial charge in [-0.05, 0) is 6.07 Å². The van der Waals surface area contributed by atoms with E-state index in [0.29, 0.717) is 0 Å². The topological polar surface area (TPSA) is 124 Å². The number of halogens is 1. The van der Waals surface area contributed by atoms with Crippen LogP contribution in [0, 0.1) is 10.1 Å². The number of nitrogens with one attached hydrogen (secondary N) is 1. The molecule has 1 aromatic heterocycles. The molecule has 0 aliphatic heterocycles. The monoisotopic (exact) mass is 248 g/mol. The Labute approximate surface area is 96.0 Å². The second-order valence-electron chi connectivity index (χ2n) is 2.43. The number of rotatable bonds is 4. The summed E-state index contributed by atoms with van der Waals surface area (Å²) in [6.45, 7) is -0.185. The molecule has 1 rings (SSSR count). The van der Waals surface area contributed by atoms with Crippen molar-refractivity contribution in [3.8, 4) is 0 Å². The van der Waals surface area contributed by atoms with E-state index in [-0.39, 0.29) is 30.6 Å². The minimum Gasteiger partial charge on any atom is -0.400 e. The summed E-state index contributed by atoms with van der Waals surface area (Å²) in [6.07, 6.45) is 1.14. The van der Waals surface area contributed by atoms with Crippen LogP contribution in [-0.2, 0) is 4.79 Å². The van der Waals surface area contributed by atoms with E-state index in [4.69, 9.17) is 10.2 Å². The summed E-state index contributed by atoms with van der Waals surface area (Å²) in [5.41, 5.74) is 7.09. The van der Waals surface area contributed by atoms with Crippen molar-refractivity contribution in [1.29, 1.82) is 0 Å². The van der Waals surface area contributed by atoms with E-state index >= 15 is 0 Å². The van der Waals surface area contributed by atoms with Gasteiger partial charge in [-0.25, -0.2) is 5.43 Å². The number of hydrogen-bond donors (Lipinski definition) is 2. The number of nitro groups is 1. The first kappa shape index (κ1) is 14.1. The Hall–Kier alpha value is -1.93. The molecule has 0 saturated carbocycles. The first-order valence-corrected chi connectivity index (χ1v) is 3.89. The van der Waals surface area contributed by atoms with E-state index in [2.05, 4.69) is 10.5 Å². The van der Waals surface area contributed by atoms with Gasteiger partial charge in [0.05, 0.1) is 18.8 Å². The Balaban J connectivity index is 0.00000225. The third-order valence-electron chi connectivity index (χ3n) is 1.36. The molecule has 0 spiro atoms. The Kier molecular flexibility index (Phi) is 5.75. The third kappa shape index (κ3) is 4.07. The fourth-order valence-corrected chi connectivity index (χ4v) is 0.723. The smallest absolute Gasteiger partial charge is 0.400 e. The van der Waals surface area contributed by atoms with Crippen molar-refractivity contribution in [3.63, 3.8) is 0 Å². The highest BCUT2D eigenvalue weighted by Crippen LogP contribution is 2.13. The van der Waals surface area contributed by atoms with Crippen molar-refractivity contribution in [1.82, 2.24) is 5.43 Å². The van der Waals surface area contributed by atoms with Crippen LogP contribution in [0.25, 0.3) is 0 Å². The fraction of sp³-hybridized carbons (Fsp3) is 0.143. The average molecular weight is 249 g/mol. The number of hydrazone groups is 1. The maximum atomic E-state index is 10.6. The lowest BCUT2D eigenvalue weighted by molar-refractivity contribution is -0.402. The predicted molar refractivity (Wildman–Crippen MR) is 57.4 cm³/mol. The molecular formula is C7H9ClN4O4. The summed E-state index contributed by atoms with van der Waals surface area (Å²) in [7, 11) is 0. The molecule has 0 atom stereocenters. The largest absolute Gasteiger partial charge is 0.433 e. The second kappa shape index (κ2) is 6.53. The summed E-state index contributed by atoms with van der Waals surface area (Å²) >= 11 is 0. The van der Waals surface area contributed by atoms with Gasteiger partial charge in [-0.3, -0.25) is 14.9 Å². The van der Waals surface area contributed by atoms with E-state index in [9.17, 15) is 14.9 Å². The minimum atomic E-state index is -0.671. The summed E-state index contributed by atoms with van der Waals surface area (Å²) in [6, 6.07) is 2.54. The first-order valence-electron chi connectivity index (χ1n) is 3.89. The average Bonchev–Trinajstić information content (AvgIpc) is 2.66. The van der Waals surface area contributed by atoms with Crippen molar-refractivity contribution < 1.29 is 14.1 Å². The highest BCUT2D eigenvalue weighted by Gasteiger charge is 2.10. The van der Waals surface area contributed by atoms with Gasteiger partial charge in [0.1, 0.15) is 4.92 Å². The van der Waals surface area contributed by atoms with Crippen LogP contribution in [0.15, 0.2) is 21.7 Å². The Morgan fingerprint density at radius 3 is 2.88 bits per heavy atom. The van der Waals surface area contributed by atoms with Crippen molar-refractivity contribution in [2.45, 2.75) is 0 Å². The summed E-state index contributed by atoms with van der Waals surface area (Å²) in [4.78, 5) is 20.2. The van der Waals surface area contributed by atoms with Gasteiger partial charge in [0.2, 0.25) is 0 Å². The van der Waals surface area contributed by atoms with Crippen LogP contribution < -0.4 is 11.2 Å². The molecule has 1 aromatic rings. The zero-order chi connectivity index (χ0) is 11.3. The number of hydrogen-bond acceptors (Lipinski definition) is 6. The van der Waals surface area contributed by atoms with Crippen LogP contribution in [0.3, 0.4) is 0 Å². The normalized spacial score (nSPS) is 9.81. The van der Waals surface area contributed by atoms with Crippen LogP contribution in [0.4, 0.5) is 5.88 Å². The fourth-order valence-electron chi connectivity index (χ4n) is 0.723. The van der Waals surface area contributed by atoms with Crippen molar-refractivity contribution in [2.75, 3.05) is 6.54 Å². The maximum absolute atomic E-state index is 10.6. The van der Waals surface area contributed by atoms with Crippen molar-refractivity contribution >= 4 is 30.4 Å². The van der Waals surface area contributed by atoms with Gasteiger partial charge in [-0.15, -0.1) is 12.4 Å². The van der Waals surface area contributed by atoms with E-state index in [1.165, 1.54) is 12.1 Å². The number of nitrogens with zero attached hydrogens (tertiary/aromatic N) is 2. The van der Waals surface area contributed by atoms with Crippen LogP contribution in [0.5, 0.6) is 0 Å². The van der Waals surface area contributed by atoms with E-state index in [1.807, 2.05) is 0 Å². The molecule has 8 nitrogen and oxygen atoms in total. The lowest BCUT2D eigenvalue weighted by Gasteiger charge is -1.91. The minimum absolute atomic E-state index is 0. The second-order valence-corrected chi connectivity index (χ2v) is 2.43. The molecular weight excluding hydrogens is 240 g/mol. The number of amides is 1. The quantitative estimate of drug-likeness (QED) is 0.441. The molecule has 0 aliphatic carbocycles. The van der Waals surface area contributed by atoms with Gasteiger partial charge in [0.15, 0.2) is 5.76 Å². The number of carbonyl (C=O) groups is 1. The molecule has 0 aliphatic rings. The highest BCUT2D eigenvalue weighted by atomic mass is 35.5. The Bertz CT molecular complexity index is 403. The maximum Gasteiger partial charge on any atom is 0.433 e. The SMILES string of the molecule is Cl.NCC(=O)NN=Cc1ccc([N+](=O)[O-])o1. The van der Waals surface area contributed by atoms with E-state index in [0.717, 1.165) is 6.21 Å². The number of nitrogens with two attached hydrogens (primary N) is 1. The van der Waals surface area contributed by atoms with Gasteiger partial charge in [0.25, 0.3) is 5.91 Å². The molecule has 0 bridgehead atoms. The van der Waals surface area contributed by atoms with Gasteiger partial charge in [-0.1, -0.05) is 0 Å². The van der Waals surface area contributed by atoms with Crippen LogP contribution in [0.1, 0.15) is 5.76 Å². The molecule has 0 saturated heterocycles. The summed E-state index contributed by atoms with van der Waals surface area (Å²) in [5, 5.41) is 13.7. The molecule has 0 fully saturated rings. The zero-order valence-corrected chi connectivity index (χ0v) is 8.77. The van der Waals surface area contributed by atoms with Gasteiger partial charge < -0.3 is 10.2 Å². The highest BCUT2D eigenvalue weighted by molar-refractivity contribution is 5.85.